The third-order valence-electron chi connectivity index (χ3n) is 4.19. The molecule has 0 amide bonds. The van der Waals surface area contributed by atoms with E-state index in [1.807, 2.05) is 0 Å². The van der Waals surface area contributed by atoms with Gasteiger partial charge in [0.25, 0.3) is 0 Å². The minimum absolute atomic E-state index is 0.00965. The Morgan fingerprint density at radius 2 is 2.06 bits per heavy atom. The van der Waals surface area contributed by atoms with Crippen molar-refractivity contribution in [3.63, 3.8) is 0 Å². The van der Waals surface area contributed by atoms with Gasteiger partial charge in [-0.2, -0.15) is 0 Å². The predicted octanol–water partition coefficient (Wildman–Crippen LogP) is 1.61. The predicted molar refractivity (Wildman–Crippen MR) is 66.4 cm³/mol. The summed E-state index contributed by atoms with van der Waals surface area (Å²) in [4.78, 5) is 2.62. The first-order chi connectivity index (χ1) is 7.61. The Morgan fingerprint density at radius 3 is 2.69 bits per heavy atom. The zero-order valence-corrected chi connectivity index (χ0v) is 10.7. The van der Waals surface area contributed by atoms with Crippen molar-refractivity contribution in [2.24, 2.45) is 11.7 Å². The standard InChI is InChI=1S/C13H26N2O/c1-11(2)12-4-3-7-15(12)10-13(14)5-8-16-9-6-13/h11-12H,3-10,14H2,1-2H3. The highest BCUT2D eigenvalue weighted by Crippen LogP contribution is 2.27. The maximum atomic E-state index is 6.48. The summed E-state index contributed by atoms with van der Waals surface area (Å²) in [6.45, 7) is 8.65. The van der Waals surface area contributed by atoms with Crippen molar-refractivity contribution in [3.8, 4) is 0 Å². The van der Waals surface area contributed by atoms with Crippen LogP contribution in [0.25, 0.3) is 0 Å². The SMILES string of the molecule is CC(C)C1CCCN1CC1(N)CCOCC1. The monoisotopic (exact) mass is 226 g/mol. The van der Waals surface area contributed by atoms with Crippen molar-refractivity contribution in [1.82, 2.24) is 4.90 Å². The molecule has 0 aromatic heterocycles. The van der Waals surface area contributed by atoms with Crippen LogP contribution < -0.4 is 5.73 Å². The molecule has 2 saturated heterocycles. The van der Waals surface area contributed by atoms with E-state index in [0.717, 1.165) is 44.6 Å². The largest absolute Gasteiger partial charge is 0.381 e. The molecular formula is C13H26N2O. The lowest BCUT2D eigenvalue weighted by atomic mass is 9.90. The minimum Gasteiger partial charge on any atom is -0.381 e. The van der Waals surface area contributed by atoms with Crippen molar-refractivity contribution < 1.29 is 4.74 Å². The lowest BCUT2D eigenvalue weighted by Gasteiger charge is -2.39. The van der Waals surface area contributed by atoms with E-state index < -0.39 is 0 Å². The topological polar surface area (TPSA) is 38.5 Å². The van der Waals surface area contributed by atoms with Gasteiger partial charge in [-0.3, -0.25) is 4.90 Å². The lowest BCUT2D eigenvalue weighted by Crippen LogP contribution is -2.54. The Morgan fingerprint density at radius 1 is 1.38 bits per heavy atom. The van der Waals surface area contributed by atoms with Crippen molar-refractivity contribution in [3.05, 3.63) is 0 Å². The summed E-state index contributed by atoms with van der Waals surface area (Å²) in [6.07, 6.45) is 4.74. The smallest absolute Gasteiger partial charge is 0.0484 e. The number of rotatable bonds is 3. The van der Waals surface area contributed by atoms with Crippen LogP contribution in [0.2, 0.25) is 0 Å². The molecule has 2 aliphatic rings. The maximum absolute atomic E-state index is 6.48. The van der Waals surface area contributed by atoms with E-state index in [1.54, 1.807) is 0 Å². The molecule has 2 fully saturated rings. The third-order valence-corrected chi connectivity index (χ3v) is 4.19. The summed E-state index contributed by atoms with van der Waals surface area (Å²) in [7, 11) is 0. The fraction of sp³-hybridized carbons (Fsp3) is 1.00. The number of likely N-dealkylation sites (tertiary alicyclic amines) is 1. The van der Waals surface area contributed by atoms with Gasteiger partial charge in [-0.15, -0.1) is 0 Å². The maximum Gasteiger partial charge on any atom is 0.0484 e. The first kappa shape index (κ1) is 12.3. The van der Waals surface area contributed by atoms with E-state index in [1.165, 1.54) is 19.4 Å². The van der Waals surface area contributed by atoms with Crippen molar-refractivity contribution in [2.75, 3.05) is 26.3 Å². The van der Waals surface area contributed by atoms with E-state index in [0.29, 0.717) is 0 Å². The van der Waals surface area contributed by atoms with Gasteiger partial charge in [-0.25, -0.2) is 0 Å². The molecule has 0 aromatic carbocycles. The van der Waals surface area contributed by atoms with Gasteiger partial charge in [-0.05, 0) is 38.1 Å². The molecule has 16 heavy (non-hydrogen) atoms. The number of hydrogen-bond acceptors (Lipinski definition) is 3. The van der Waals surface area contributed by atoms with Crippen LogP contribution in [0.1, 0.15) is 39.5 Å². The van der Waals surface area contributed by atoms with Gasteiger partial charge in [-0.1, -0.05) is 13.8 Å². The van der Waals surface area contributed by atoms with E-state index in [9.17, 15) is 0 Å². The zero-order chi connectivity index (χ0) is 11.6. The van der Waals surface area contributed by atoms with E-state index >= 15 is 0 Å². The minimum atomic E-state index is 0.00965. The molecule has 0 bridgehead atoms. The summed E-state index contributed by atoms with van der Waals surface area (Å²) < 4.78 is 5.41. The Balaban J connectivity index is 1.92. The van der Waals surface area contributed by atoms with Gasteiger partial charge in [0.1, 0.15) is 0 Å². The second-order valence-corrected chi connectivity index (χ2v) is 5.90. The molecule has 2 aliphatic heterocycles. The van der Waals surface area contributed by atoms with Crippen molar-refractivity contribution in [2.45, 2.75) is 51.1 Å². The fourth-order valence-corrected chi connectivity index (χ4v) is 3.14. The second kappa shape index (κ2) is 5.03. The summed E-state index contributed by atoms with van der Waals surface area (Å²) in [5, 5.41) is 0. The highest BCUT2D eigenvalue weighted by atomic mass is 16.5. The number of nitrogens with two attached hydrogens (primary N) is 1. The summed E-state index contributed by atoms with van der Waals surface area (Å²) in [5.74, 6) is 0.756. The van der Waals surface area contributed by atoms with Gasteiger partial charge in [0.15, 0.2) is 0 Å². The van der Waals surface area contributed by atoms with Crippen LogP contribution in [-0.4, -0.2) is 42.8 Å². The van der Waals surface area contributed by atoms with Crippen molar-refractivity contribution >= 4 is 0 Å². The molecule has 0 aliphatic carbocycles. The molecule has 2 rings (SSSR count). The number of ether oxygens (including phenoxy) is 1. The molecule has 2 heterocycles. The molecule has 94 valence electrons. The average Bonchev–Trinajstić information content (AvgIpc) is 2.66. The number of nitrogens with zero attached hydrogens (tertiary/aromatic N) is 1. The Bertz CT molecular complexity index is 224. The molecular weight excluding hydrogens is 200 g/mol. The lowest BCUT2D eigenvalue weighted by molar-refractivity contribution is 0.0327. The van der Waals surface area contributed by atoms with Crippen LogP contribution in [-0.2, 0) is 4.74 Å². The van der Waals surface area contributed by atoms with Crippen LogP contribution in [0.5, 0.6) is 0 Å². The summed E-state index contributed by atoms with van der Waals surface area (Å²) in [5.41, 5.74) is 6.49. The quantitative estimate of drug-likeness (QED) is 0.794. The first-order valence-electron chi connectivity index (χ1n) is 6.71. The molecule has 1 atom stereocenters. The highest BCUT2D eigenvalue weighted by molar-refractivity contribution is 4.93. The van der Waals surface area contributed by atoms with Crippen LogP contribution in [0.3, 0.4) is 0 Å². The Hall–Kier alpha value is -0.120. The average molecular weight is 226 g/mol. The molecule has 0 spiro atoms. The van der Waals surface area contributed by atoms with Gasteiger partial charge in [0, 0.05) is 31.3 Å². The second-order valence-electron chi connectivity index (χ2n) is 5.90. The van der Waals surface area contributed by atoms with Gasteiger partial charge in [0.2, 0.25) is 0 Å². The Labute approximate surface area is 99.3 Å². The van der Waals surface area contributed by atoms with Gasteiger partial charge in [0.05, 0.1) is 0 Å². The van der Waals surface area contributed by atoms with Crippen LogP contribution >= 0.6 is 0 Å². The Kier molecular flexibility index (Phi) is 3.88. The third kappa shape index (κ3) is 2.76. The molecule has 3 nitrogen and oxygen atoms in total. The fourth-order valence-electron chi connectivity index (χ4n) is 3.14. The van der Waals surface area contributed by atoms with Crippen molar-refractivity contribution in [1.29, 1.82) is 0 Å². The molecule has 3 heteroatoms. The highest BCUT2D eigenvalue weighted by Gasteiger charge is 2.35. The van der Waals surface area contributed by atoms with Crippen LogP contribution in [0.4, 0.5) is 0 Å². The summed E-state index contributed by atoms with van der Waals surface area (Å²) >= 11 is 0. The molecule has 0 saturated carbocycles. The van der Waals surface area contributed by atoms with Crippen LogP contribution in [0.15, 0.2) is 0 Å². The van der Waals surface area contributed by atoms with E-state index in [-0.39, 0.29) is 5.54 Å². The zero-order valence-electron chi connectivity index (χ0n) is 10.7. The molecule has 1 unspecified atom stereocenters. The van der Waals surface area contributed by atoms with Crippen LogP contribution in [0, 0.1) is 5.92 Å². The van der Waals surface area contributed by atoms with E-state index in [4.69, 9.17) is 10.5 Å². The molecule has 0 aromatic rings. The summed E-state index contributed by atoms with van der Waals surface area (Å²) in [6, 6.07) is 0.753. The first-order valence-corrected chi connectivity index (χ1v) is 6.71. The van der Waals surface area contributed by atoms with Gasteiger partial charge >= 0.3 is 0 Å². The number of hydrogen-bond donors (Lipinski definition) is 1. The molecule has 2 N–H and O–H groups in total. The molecule has 0 radical (unpaired) electrons. The normalized spacial score (nSPS) is 31.1. The van der Waals surface area contributed by atoms with Gasteiger partial charge < -0.3 is 10.5 Å². The van der Waals surface area contributed by atoms with E-state index in [2.05, 4.69) is 18.7 Å².